The molecule has 0 aromatic heterocycles. The number of hydrogen-bond acceptors (Lipinski definition) is 8. The molecule has 4 nitrogen and oxygen atoms in total. The zero-order chi connectivity index (χ0) is 13.3. The van der Waals surface area contributed by atoms with Crippen molar-refractivity contribution in [2.24, 2.45) is 0 Å². The molecule has 0 heterocycles. The summed E-state index contributed by atoms with van der Waals surface area (Å²) in [7, 11) is 3.29. The summed E-state index contributed by atoms with van der Waals surface area (Å²) in [4.78, 5) is 26.3. The molecule has 0 unspecified atom stereocenters. The summed E-state index contributed by atoms with van der Waals surface area (Å²) in [5.41, 5.74) is 0. The molecule has 0 amide bonds. The molecule has 0 saturated heterocycles. The fourth-order valence-electron chi connectivity index (χ4n) is 0.671. The van der Waals surface area contributed by atoms with Gasteiger partial charge >= 0.3 is 123 Å². The van der Waals surface area contributed by atoms with Crippen LogP contribution in [0, 0.1) is 0 Å². The molecular weight excluding hydrogens is 407 g/mol. The number of thiol groups is 2. The van der Waals surface area contributed by atoms with Gasteiger partial charge in [-0.15, -0.1) is 0 Å². The number of carbonyl (C=O) groups excluding carboxylic acids is 2. The van der Waals surface area contributed by atoms with E-state index in [1.165, 1.54) is 0 Å². The van der Waals surface area contributed by atoms with E-state index in [0.717, 1.165) is 0 Å². The standard InChI is InChI=1S/2C3H6O2S2.2CH3.Sn/c2*4-3(1-6)5-2-7;;;/h2*6-7H,1-2H2;2*1H3;/q;;;;+2/p-2. The maximum absolute atomic E-state index is 11.2. The fourth-order valence-corrected chi connectivity index (χ4v) is 13.5. The molecule has 0 aliphatic heterocycles. The molecule has 9 heteroatoms. The van der Waals surface area contributed by atoms with Gasteiger partial charge in [0.1, 0.15) is 0 Å². The van der Waals surface area contributed by atoms with Gasteiger partial charge in [-0.2, -0.15) is 0 Å². The molecule has 0 aliphatic rings. The molecule has 100 valence electrons. The summed E-state index contributed by atoms with van der Waals surface area (Å²) in [6.45, 7) is 0. The Labute approximate surface area is 122 Å². The second kappa shape index (κ2) is 9.99. The van der Waals surface area contributed by atoms with E-state index in [1.807, 2.05) is 0 Å². The van der Waals surface area contributed by atoms with Crippen molar-refractivity contribution >= 4 is 70.7 Å². The van der Waals surface area contributed by atoms with Crippen LogP contribution < -0.4 is 0 Å². The van der Waals surface area contributed by atoms with E-state index in [1.54, 1.807) is 17.9 Å². The van der Waals surface area contributed by atoms with Gasteiger partial charge in [-0.25, -0.2) is 0 Å². The topological polar surface area (TPSA) is 52.6 Å². The summed E-state index contributed by atoms with van der Waals surface area (Å²) in [5.74, 6) is 0.332. The first-order chi connectivity index (χ1) is 7.91. The predicted octanol–water partition coefficient (Wildman–Crippen LogP) is 2.02. The maximum atomic E-state index is 11.2. The van der Waals surface area contributed by atoms with Gasteiger partial charge in [-0.05, 0) is 0 Å². The van der Waals surface area contributed by atoms with Crippen molar-refractivity contribution in [2.45, 2.75) is 9.88 Å². The Bertz CT molecular complexity index is 262. The molecule has 0 radical (unpaired) electrons. The van der Waals surface area contributed by atoms with Crippen LogP contribution in [0.5, 0.6) is 0 Å². The molecule has 0 saturated carbocycles. The van der Waals surface area contributed by atoms with Crippen molar-refractivity contribution in [3.63, 3.8) is 0 Å². The average molecular weight is 423 g/mol. The van der Waals surface area contributed by atoms with Gasteiger partial charge in [-0.3, -0.25) is 0 Å². The molecule has 0 bridgehead atoms. The van der Waals surface area contributed by atoms with E-state index in [-0.39, 0.29) is 23.6 Å². The SMILES string of the molecule is [CH3][Sn]([CH3])([S]COC(=O)CS)[S]CC(=O)OCS. The fraction of sp³-hybridized carbons (Fsp3) is 0.750. The number of hydrogen-bond donors (Lipinski definition) is 2. The van der Waals surface area contributed by atoms with E-state index in [2.05, 4.69) is 35.1 Å². The van der Waals surface area contributed by atoms with Crippen LogP contribution in [0.15, 0.2) is 0 Å². The van der Waals surface area contributed by atoms with Crippen LogP contribution in [0.1, 0.15) is 0 Å². The molecule has 0 N–H and O–H groups in total. The van der Waals surface area contributed by atoms with Crippen molar-refractivity contribution in [1.82, 2.24) is 0 Å². The molecule has 0 aromatic carbocycles. The van der Waals surface area contributed by atoms with Crippen LogP contribution in [0.2, 0.25) is 9.88 Å². The molecule has 0 spiro atoms. The molecule has 0 fully saturated rings. The average Bonchev–Trinajstić information content (AvgIpc) is 2.26. The van der Waals surface area contributed by atoms with Crippen LogP contribution in [-0.4, -0.2) is 50.9 Å². The monoisotopic (exact) mass is 424 g/mol. The van der Waals surface area contributed by atoms with Gasteiger partial charge in [0.15, 0.2) is 0 Å². The van der Waals surface area contributed by atoms with E-state index < -0.39 is 15.6 Å². The Balaban J connectivity index is 3.79. The Hall–Kier alpha value is 1.14. The van der Waals surface area contributed by atoms with E-state index in [0.29, 0.717) is 11.7 Å². The minimum absolute atomic E-state index is 0.0952. The van der Waals surface area contributed by atoms with E-state index >= 15 is 0 Å². The van der Waals surface area contributed by atoms with Crippen molar-refractivity contribution in [3.8, 4) is 0 Å². The first-order valence-electron chi connectivity index (χ1n) is 4.72. The molecule has 17 heavy (non-hydrogen) atoms. The normalized spacial score (nSPS) is 11.1. The Morgan fingerprint density at radius 2 is 1.76 bits per heavy atom. The second-order valence-corrected chi connectivity index (χ2v) is 33.3. The Morgan fingerprint density at radius 3 is 2.29 bits per heavy atom. The van der Waals surface area contributed by atoms with Crippen LogP contribution in [0.3, 0.4) is 0 Å². The quantitative estimate of drug-likeness (QED) is 0.270. The zero-order valence-corrected chi connectivity index (χ0v) is 15.9. The third-order valence-electron chi connectivity index (χ3n) is 1.52. The first-order valence-corrected chi connectivity index (χ1v) is 20.7. The molecule has 0 rings (SSSR count). The summed E-state index contributed by atoms with van der Waals surface area (Å²) >= 11 is 5.22. The number of rotatable bonds is 8. The van der Waals surface area contributed by atoms with Gasteiger partial charge in [0.25, 0.3) is 0 Å². The number of ether oxygens (including phenoxy) is 2. The van der Waals surface area contributed by atoms with Crippen molar-refractivity contribution in [1.29, 1.82) is 0 Å². The van der Waals surface area contributed by atoms with Crippen LogP contribution in [0.4, 0.5) is 0 Å². The van der Waals surface area contributed by atoms with Gasteiger partial charge in [0.2, 0.25) is 0 Å². The summed E-state index contributed by atoms with van der Waals surface area (Å²) in [6.07, 6.45) is 0. The van der Waals surface area contributed by atoms with E-state index in [9.17, 15) is 9.59 Å². The second-order valence-electron chi connectivity index (χ2n) is 3.27. The summed E-state index contributed by atoms with van der Waals surface area (Å²) < 4.78 is 9.67. The first kappa shape index (κ1) is 18.1. The molecular formula is C8H16O4S4Sn. The predicted molar refractivity (Wildman–Crippen MR) is 82.3 cm³/mol. The third kappa shape index (κ3) is 10.7. The van der Waals surface area contributed by atoms with Crippen LogP contribution in [-0.2, 0) is 19.1 Å². The summed E-state index contributed by atoms with van der Waals surface area (Å²) in [5, 5.41) is 0. The van der Waals surface area contributed by atoms with Crippen LogP contribution in [0.25, 0.3) is 0 Å². The van der Waals surface area contributed by atoms with Gasteiger partial charge in [0.05, 0.1) is 0 Å². The van der Waals surface area contributed by atoms with Gasteiger partial charge in [-0.1, -0.05) is 0 Å². The van der Waals surface area contributed by atoms with Gasteiger partial charge < -0.3 is 0 Å². The van der Waals surface area contributed by atoms with Crippen molar-refractivity contribution in [2.75, 3.05) is 23.4 Å². The third-order valence-corrected chi connectivity index (χ3v) is 22.8. The zero-order valence-electron chi connectivity index (χ0n) is 9.67. The molecule has 0 atom stereocenters. The Kier molecular flexibility index (Phi) is 10.7. The van der Waals surface area contributed by atoms with Crippen molar-refractivity contribution in [3.05, 3.63) is 0 Å². The molecule has 0 aliphatic carbocycles. The Morgan fingerprint density at radius 1 is 1.12 bits per heavy atom. The molecule has 0 aromatic rings. The van der Waals surface area contributed by atoms with E-state index in [4.69, 9.17) is 9.47 Å². The number of esters is 2. The summed E-state index contributed by atoms with van der Waals surface area (Å²) in [6, 6.07) is 0. The number of carbonyl (C=O) groups is 2. The van der Waals surface area contributed by atoms with Crippen LogP contribution >= 0.6 is 43.1 Å². The van der Waals surface area contributed by atoms with Gasteiger partial charge in [0, 0.05) is 0 Å². The minimum atomic E-state index is -2.41. The van der Waals surface area contributed by atoms with Crippen molar-refractivity contribution < 1.29 is 19.1 Å².